The molecule has 5 heteroatoms. The first-order chi connectivity index (χ1) is 7.74. The fourth-order valence-electron chi connectivity index (χ4n) is 1.18. The van der Waals surface area contributed by atoms with Crippen molar-refractivity contribution >= 4 is 23.0 Å². The van der Waals surface area contributed by atoms with Crippen LogP contribution in [0.4, 0.5) is 11.4 Å². The molecule has 0 bridgehead atoms. The highest BCUT2D eigenvalue weighted by Gasteiger charge is 1.98. The summed E-state index contributed by atoms with van der Waals surface area (Å²) in [5.41, 5.74) is 7.29. The van der Waals surface area contributed by atoms with Crippen LogP contribution in [-0.4, -0.2) is 33.5 Å². The van der Waals surface area contributed by atoms with Gasteiger partial charge in [0, 0.05) is 18.7 Å². The van der Waals surface area contributed by atoms with Crippen LogP contribution >= 0.6 is 11.6 Å². The molecule has 1 aromatic carbocycles. The van der Waals surface area contributed by atoms with Gasteiger partial charge >= 0.3 is 0 Å². The molecule has 0 aliphatic heterocycles. The number of nitrogens with two attached hydrogens (primary N) is 1. The van der Waals surface area contributed by atoms with Crippen LogP contribution in [0.1, 0.15) is 0 Å². The molecule has 0 aliphatic rings. The van der Waals surface area contributed by atoms with E-state index in [1.807, 2.05) is 0 Å². The van der Waals surface area contributed by atoms with Crippen molar-refractivity contribution in [3.8, 4) is 0 Å². The Hall–Kier alpha value is -0.970. The van der Waals surface area contributed by atoms with Gasteiger partial charge in [-0.1, -0.05) is 11.6 Å². The lowest BCUT2D eigenvalue weighted by molar-refractivity contribution is 0.0759. The topological polar surface area (TPSA) is 56.5 Å². The molecule has 3 N–H and O–H groups in total. The van der Waals surface area contributed by atoms with E-state index in [2.05, 4.69) is 5.32 Å². The zero-order valence-corrected chi connectivity index (χ0v) is 10.1. The van der Waals surface area contributed by atoms with Crippen LogP contribution in [0.5, 0.6) is 0 Å². The Bertz CT molecular complexity index is 321. The molecule has 1 rings (SSSR count). The number of hydrogen-bond donors (Lipinski definition) is 2. The summed E-state index contributed by atoms with van der Waals surface area (Å²) >= 11 is 5.85. The van der Waals surface area contributed by atoms with Crippen molar-refractivity contribution in [2.75, 3.05) is 44.5 Å². The molecule has 0 fully saturated rings. The molecule has 0 aromatic heterocycles. The average Bonchev–Trinajstić information content (AvgIpc) is 2.28. The molecule has 0 aliphatic carbocycles. The van der Waals surface area contributed by atoms with E-state index in [-0.39, 0.29) is 0 Å². The van der Waals surface area contributed by atoms with E-state index in [9.17, 15) is 0 Å². The Morgan fingerprint density at radius 2 is 2.12 bits per heavy atom. The maximum Gasteiger partial charge on any atom is 0.0701 e. The fraction of sp³-hybridized carbons (Fsp3) is 0.455. The Morgan fingerprint density at radius 1 is 1.31 bits per heavy atom. The first-order valence-electron chi connectivity index (χ1n) is 5.09. The van der Waals surface area contributed by atoms with Crippen LogP contribution in [0.15, 0.2) is 18.2 Å². The van der Waals surface area contributed by atoms with Gasteiger partial charge in [0.05, 0.1) is 31.2 Å². The number of nitrogen functional groups attached to an aromatic ring is 1. The molecule has 0 unspecified atom stereocenters. The number of halogens is 1. The monoisotopic (exact) mass is 244 g/mol. The quantitative estimate of drug-likeness (QED) is 0.569. The molecule has 90 valence electrons. The minimum atomic E-state index is 0.600. The third kappa shape index (κ3) is 4.70. The van der Waals surface area contributed by atoms with Crippen LogP contribution in [0.3, 0.4) is 0 Å². The van der Waals surface area contributed by atoms with Gasteiger partial charge in [0.2, 0.25) is 0 Å². The summed E-state index contributed by atoms with van der Waals surface area (Å²) in [7, 11) is 1.65. The average molecular weight is 245 g/mol. The Kier molecular flexibility index (Phi) is 6.00. The van der Waals surface area contributed by atoms with Gasteiger partial charge in [-0.15, -0.1) is 0 Å². The smallest absolute Gasteiger partial charge is 0.0701 e. The number of rotatable bonds is 7. The van der Waals surface area contributed by atoms with Crippen molar-refractivity contribution in [2.45, 2.75) is 0 Å². The van der Waals surface area contributed by atoms with Gasteiger partial charge in [-0.25, -0.2) is 0 Å². The summed E-state index contributed by atoms with van der Waals surface area (Å²) in [6, 6.07) is 5.33. The Morgan fingerprint density at radius 3 is 2.88 bits per heavy atom. The largest absolute Gasteiger partial charge is 0.397 e. The van der Waals surface area contributed by atoms with Crippen molar-refractivity contribution < 1.29 is 9.47 Å². The predicted molar refractivity (Wildman–Crippen MR) is 67.0 cm³/mol. The number of benzene rings is 1. The van der Waals surface area contributed by atoms with Gasteiger partial charge in [-0.3, -0.25) is 0 Å². The highest BCUT2D eigenvalue weighted by molar-refractivity contribution is 6.31. The number of methoxy groups -OCH3 is 1. The Balaban J connectivity index is 2.23. The Labute approximate surface area is 101 Å². The number of anilines is 2. The zero-order valence-electron chi connectivity index (χ0n) is 9.33. The third-order valence-electron chi connectivity index (χ3n) is 2.01. The van der Waals surface area contributed by atoms with Gasteiger partial charge in [0.25, 0.3) is 0 Å². The molecule has 1 aromatic rings. The SMILES string of the molecule is COCCOCCNc1cc(Cl)ccc1N. The summed E-state index contributed by atoms with van der Waals surface area (Å²) < 4.78 is 10.2. The van der Waals surface area contributed by atoms with Gasteiger partial charge in [-0.05, 0) is 18.2 Å². The normalized spacial score (nSPS) is 10.4. The summed E-state index contributed by atoms with van der Waals surface area (Å²) in [4.78, 5) is 0. The highest BCUT2D eigenvalue weighted by Crippen LogP contribution is 2.22. The van der Waals surface area contributed by atoms with Crippen molar-refractivity contribution in [3.05, 3.63) is 23.2 Å². The lowest BCUT2D eigenvalue weighted by Gasteiger charge is -2.09. The maximum absolute atomic E-state index is 5.85. The molecule has 0 amide bonds. The molecular formula is C11H17ClN2O2. The van der Waals surface area contributed by atoms with Gasteiger partial charge in [-0.2, -0.15) is 0 Å². The van der Waals surface area contributed by atoms with E-state index < -0.39 is 0 Å². The van der Waals surface area contributed by atoms with Crippen molar-refractivity contribution in [1.29, 1.82) is 0 Å². The van der Waals surface area contributed by atoms with Crippen LogP contribution in [0.2, 0.25) is 5.02 Å². The van der Waals surface area contributed by atoms with Crippen LogP contribution in [0, 0.1) is 0 Å². The number of hydrogen-bond acceptors (Lipinski definition) is 4. The predicted octanol–water partition coefficient (Wildman–Crippen LogP) is 2.00. The molecule has 4 nitrogen and oxygen atoms in total. The van der Waals surface area contributed by atoms with Crippen molar-refractivity contribution in [3.63, 3.8) is 0 Å². The summed E-state index contributed by atoms with van der Waals surface area (Å²) in [5.74, 6) is 0. The second kappa shape index (κ2) is 7.33. The van der Waals surface area contributed by atoms with E-state index >= 15 is 0 Å². The maximum atomic E-state index is 5.85. The summed E-state index contributed by atoms with van der Waals surface area (Å²) in [6.45, 7) is 2.51. The van der Waals surface area contributed by atoms with E-state index in [4.69, 9.17) is 26.8 Å². The fourth-order valence-corrected chi connectivity index (χ4v) is 1.36. The first kappa shape index (κ1) is 13.1. The number of ether oxygens (including phenoxy) is 2. The lowest BCUT2D eigenvalue weighted by atomic mass is 10.2. The number of nitrogens with one attached hydrogen (secondary N) is 1. The molecule has 0 radical (unpaired) electrons. The summed E-state index contributed by atoms with van der Waals surface area (Å²) in [5, 5.41) is 3.82. The second-order valence-electron chi connectivity index (χ2n) is 3.26. The van der Waals surface area contributed by atoms with Gasteiger partial charge < -0.3 is 20.5 Å². The van der Waals surface area contributed by atoms with E-state index in [1.54, 1.807) is 25.3 Å². The first-order valence-corrected chi connectivity index (χ1v) is 5.47. The lowest BCUT2D eigenvalue weighted by Crippen LogP contribution is -2.12. The zero-order chi connectivity index (χ0) is 11.8. The van der Waals surface area contributed by atoms with Gasteiger partial charge in [0.1, 0.15) is 0 Å². The molecule has 0 heterocycles. The van der Waals surface area contributed by atoms with Crippen molar-refractivity contribution in [2.24, 2.45) is 0 Å². The molecule has 0 saturated heterocycles. The molecule has 0 spiro atoms. The summed E-state index contributed by atoms with van der Waals surface area (Å²) in [6.07, 6.45) is 0. The molecular weight excluding hydrogens is 228 g/mol. The highest BCUT2D eigenvalue weighted by atomic mass is 35.5. The second-order valence-corrected chi connectivity index (χ2v) is 3.70. The van der Waals surface area contributed by atoms with Gasteiger partial charge in [0.15, 0.2) is 0 Å². The molecule has 0 saturated carbocycles. The van der Waals surface area contributed by atoms with Crippen LogP contribution in [0.25, 0.3) is 0 Å². The van der Waals surface area contributed by atoms with E-state index in [0.717, 1.165) is 5.69 Å². The molecule has 16 heavy (non-hydrogen) atoms. The third-order valence-corrected chi connectivity index (χ3v) is 2.24. The van der Waals surface area contributed by atoms with E-state index in [1.165, 1.54) is 0 Å². The van der Waals surface area contributed by atoms with E-state index in [0.29, 0.717) is 37.1 Å². The van der Waals surface area contributed by atoms with Crippen LogP contribution < -0.4 is 11.1 Å². The minimum Gasteiger partial charge on any atom is -0.397 e. The molecule has 0 atom stereocenters. The standard InChI is InChI=1S/C11H17ClN2O2/c1-15-6-7-16-5-4-14-11-8-9(12)2-3-10(11)13/h2-3,8,14H,4-7,13H2,1H3. The van der Waals surface area contributed by atoms with Crippen molar-refractivity contribution in [1.82, 2.24) is 0 Å². The minimum absolute atomic E-state index is 0.600. The van der Waals surface area contributed by atoms with Crippen LogP contribution in [-0.2, 0) is 9.47 Å².